The summed E-state index contributed by atoms with van der Waals surface area (Å²) in [6.07, 6.45) is 0.0782. The molecule has 1 aliphatic rings. The highest BCUT2D eigenvalue weighted by molar-refractivity contribution is 6.07. The molecule has 0 aromatic heterocycles. The molecule has 1 amide bonds. The van der Waals surface area contributed by atoms with E-state index in [1.807, 2.05) is 19.9 Å². The summed E-state index contributed by atoms with van der Waals surface area (Å²) in [6, 6.07) is 14.1. The van der Waals surface area contributed by atoms with E-state index in [1.54, 1.807) is 42.5 Å². The van der Waals surface area contributed by atoms with Gasteiger partial charge in [-0.05, 0) is 37.6 Å². The zero-order valence-electron chi connectivity index (χ0n) is 12.0. The fraction of sp³-hybridized carbons (Fsp3) is 0.235. The quantitative estimate of drug-likeness (QED) is 0.910. The maximum atomic E-state index is 12.2. The number of nitrogens with one attached hydrogen (secondary N) is 1. The van der Waals surface area contributed by atoms with Crippen LogP contribution in [0.5, 0.6) is 5.75 Å². The van der Waals surface area contributed by atoms with Crippen molar-refractivity contribution in [2.24, 2.45) is 0 Å². The Morgan fingerprint density at radius 3 is 2.43 bits per heavy atom. The highest BCUT2D eigenvalue weighted by Crippen LogP contribution is 2.40. The Balaban J connectivity index is 2.01. The summed E-state index contributed by atoms with van der Waals surface area (Å²) in [4.78, 5) is 12.2. The molecule has 0 saturated heterocycles. The first kappa shape index (κ1) is 13.6. The van der Waals surface area contributed by atoms with Crippen LogP contribution in [0.2, 0.25) is 0 Å². The summed E-state index contributed by atoms with van der Waals surface area (Å²) in [6.45, 7) is 3.89. The first-order valence-corrected chi connectivity index (χ1v) is 6.92. The molecule has 2 N–H and O–H groups in total. The predicted octanol–water partition coefficient (Wildman–Crippen LogP) is 2.66. The SMILES string of the molecule is CC(C)Oc1ccc(C2(O)C(=O)Nc3ccccc32)cc1. The summed E-state index contributed by atoms with van der Waals surface area (Å²) in [5, 5.41) is 13.6. The van der Waals surface area contributed by atoms with E-state index in [4.69, 9.17) is 4.74 Å². The van der Waals surface area contributed by atoms with Gasteiger partial charge in [-0.15, -0.1) is 0 Å². The predicted molar refractivity (Wildman–Crippen MR) is 80.3 cm³/mol. The molecule has 3 rings (SSSR count). The molecule has 0 fully saturated rings. The van der Waals surface area contributed by atoms with Crippen molar-refractivity contribution in [2.45, 2.75) is 25.6 Å². The van der Waals surface area contributed by atoms with Gasteiger partial charge in [-0.25, -0.2) is 0 Å². The number of carbonyl (C=O) groups excluding carboxylic acids is 1. The third kappa shape index (κ3) is 2.17. The zero-order valence-corrected chi connectivity index (χ0v) is 12.0. The summed E-state index contributed by atoms with van der Waals surface area (Å²) in [5.41, 5.74) is 0.105. The standard InChI is InChI=1S/C17H17NO3/c1-11(2)21-13-9-7-12(8-10-13)17(20)14-5-3-4-6-15(14)18-16(17)19/h3-11,20H,1-2H3,(H,18,19). The van der Waals surface area contributed by atoms with E-state index < -0.39 is 11.5 Å². The molecule has 2 aromatic carbocycles. The van der Waals surface area contributed by atoms with Crippen molar-refractivity contribution in [1.29, 1.82) is 0 Å². The minimum atomic E-state index is -1.65. The molecule has 0 radical (unpaired) electrons. The van der Waals surface area contributed by atoms with Gasteiger partial charge in [0.2, 0.25) is 0 Å². The van der Waals surface area contributed by atoms with Gasteiger partial charge in [0.15, 0.2) is 5.60 Å². The van der Waals surface area contributed by atoms with Gasteiger partial charge in [-0.1, -0.05) is 30.3 Å². The van der Waals surface area contributed by atoms with E-state index in [1.165, 1.54) is 0 Å². The van der Waals surface area contributed by atoms with Crippen LogP contribution in [0.25, 0.3) is 0 Å². The van der Waals surface area contributed by atoms with Crippen molar-refractivity contribution >= 4 is 11.6 Å². The maximum Gasteiger partial charge on any atom is 0.265 e. The number of fused-ring (bicyclic) bond motifs is 1. The highest BCUT2D eigenvalue weighted by Gasteiger charge is 2.46. The Hall–Kier alpha value is -2.33. The third-order valence-electron chi connectivity index (χ3n) is 3.54. The van der Waals surface area contributed by atoms with Gasteiger partial charge in [0, 0.05) is 11.3 Å². The van der Waals surface area contributed by atoms with Crippen LogP contribution in [0.15, 0.2) is 48.5 Å². The van der Waals surface area contributed by atoms with Gasteiger partial charge in [-0.2, -0.15) is 0 Å². The lowest BCUT2D eigenvalue weighted by Crippen LogP contribution is -2.35. The highest BCUT2D eigenvalue weighted by atomic mass is 16.5. The number of amides is 1. The van der Waals surface area contributed by atoms with E-state index in [-0.39, 0.29) is 6.10 Å². The molecule has 108 valence electrons. The van der Waals surface area contributed by atoms with Crippen LogP contribution in [0.3, 0.4) is 0 Å². The van der Waals surface area contributed by atoms with Crippen LogP contribution in [-0.4, -0.2) is 17.1 Å². The van der Waals surface area contributed by atoms with E-state index >= 15 is 0 Å². The average molecular weight is 283 g/mol. The summed E-state index contributed by atoms with van der Waals surface area (Å²) >= 11 is 0. The molecule has 0 spiro atoms. The van der Waals surface area contributed by atoms with Gasteiger partial charge in [0.25, 0.3) is 5.91 Å². The van der Waals surface area contributed by atoms with E-state index in [9.17, 15) is 9.90 Å². The van der Waals surface area contributed by atoms with Crippen molar-refractivity contribution in [3.8, 4) is 5.75 Å². The number of hydrogen-bond acceptors (Lipinski definition) is 3. The van der Waals surface area contributed by atoms with Gasteiger partial charge in [-0.3, -0.25) is 4.79 Å². The Kier molecular flexibility index (Phi) is 3.18. The second-order valence-corrected chi connectivity index (χ2v) is 5.40. The lowest BCUT2D eigenvalue weighted by Gasteiger charge is -2.22. The number of anilines is 1. The van der Waals surface area contributed by atoms with Crippen molar-refractivity contribution in [2.75, 3.05) is 5.32 Å². The smallest absolute Gasteiger partial charge is 0.265 e. The number of hydrogen-bond donors (Lipinski definition) is 2. The molecule has 2 aromatic rings. The summed E-state index contributed by atoms with van der Waals surface area (Å²) < 4.78 is 5.58. The lowest BCUT2D eigenvalue weighted by molar-refractivity contribution is -0.129. The summed E-state index contributed by atoms with van der Waals surface area (Å²) in [7, 11) is 0. The number of aliphatic hydroxyl groups is 1. The molecule has 1 atom stereocenters. The average Bonchev–Trinajstić information content (AvgIpc) is 2.72. The van der Waals surface area contributed by atoms with E-state index in [0.29, 0.717) is 22.6 Å². The van der Waals surface area contributed by atoms with E-state index in [2.05, 4.69) is 5.32 Å². The third-order valence-corrected chi connectivity index (χ3v) is 3.54. The number of rotatable bonds is 3. The van der Waals surface area contributed by atoms with Crippen LogP contribution < -0.4 is 10.1 Å². The molecule has 4 heteroatoms. The van der Waals surface area contributed by atoms with E-state index in [0.717, 1.165) is 0 Å². The van der Waals surface area contributed by atoms with Crippen molar-refractivity contribution in [3.63, 3.8) is 0 Å². The molecular weight excluding hydrogens is 266 g/mol. The largest absolute Gasteiger partial charge is 0.491 e. The fourth-order valence-corrected chi connectivity index (χ4v) is 2.58. The van der Waals surface area contributed by atoms with Crippen LogP contribution in [0, 0.1) is 0 Å². The van der Waals surface area contributed by atoms with Crippen molar-refractivity contribution in [1.82, 2.24) is 0 Å². The molecule has 0 aliphatic carbocycles. The van der Waals surface area contributed by atoms with Crippen molar-refractivity contribution in [3.05, 3.63) is 59.7 Å². The maximum absolute atomic E-state index is 12.2. The Bertz CT molecular complexity index is 679. The minimum Gasteiger partial charge on any atom is -0.491 e. The number of ether oxygens (including phenoxy) is 1. The normalized spacial score (nSPS) is 20.3. The molecule has 1 unspecified atom stereocenters. The van der Waals surface area contributed by atoms with Crippen LogP contribution in [-0.2, 0) is 10.4 Å². The lowest BCUT2D eigenvalue weighted by atomic mass is 9.87. The first-order chi connectivity index (χ1) is 10.0. The Labute approximate surface area is 123 Å². The fourth-order valence-electron chi connectivity index (χ4n) is 2.58. The first-order valence-electron chi connectivity index (χ1n) is 6.92. The second kappa shape index (κ2) is 4.90. The van der Waals surface area contributed by atoms with Crippen LogP contribution >= 0.6 is 0 Å². The van der Waals surface area contributed by atoms with Gasteiger partial charge >= 0.3 is 0 Å². The molecule has 21 heavy (non-hydrogen) atoms. The van der Waals surface area contributed by atoms with Gasteiger partial charge < -0.3 is 15.2 Å². The molecule has 4 nitrogen and oxygen atoms in total. The topological polar surface area (TPSA) is 58.6 Å². The van der Waals surface area contributed by atoms with Crippen LogP contribution in [0.4, 0.5) is 5.69 Å². The molecule has 0 bridgehead atoms. The Morgan fingerprint density at radius 2 is 1.76 bits per heavy atom. The minimum absolute atomic E-state index is 0.0782. The second-order valence-electron chi connectivity index (χ2n) is 5.40. The molecular formula is C17H17NO3. The monoisotopic (exact) mass is 283 g/mol. The van der Waals surface area contributed by atoms with Crippen molar-refractivity contribution < 1.29 is 14.6 Å². The van der Waals surface area contributed by atoms with Gasteiger partial charge in [0.05, 0.1) is 6.10 Å². The number of para-hydroxylation sites is 1. The summed E-state index contributed by atoms with van der Waals surface area (Å²) in [5.74, 6) is 0.283. The molecule has 1 aliphatic heterocycles. The number of benzene rings is 2. The number of carbonyl (C=O) groups is 1. The zero-order chi connectivity index (χ0) is 15.0. The molecule has 1 heterocycles. The Morgan fingerprint density at radius 1 is 1.10 bits per heavy atom. The molecule has 0 saturated carbocycles. The van der Waals surface area contributed by atoms with Gasteiger partial charge in [0.1, 0.15) is 5.75 Å². The van der Waals surface area contributed by atoms with Crippen LogP contribution in [0.1, 0.15) is 25.0 Å².